The van der Waals surface area contributed by atoms with Crippen LogP contribution >= 0.6 is 0 Å². The van der Waals surface area contributed by atoms with E-state index in [9.17, 15) is 15.0 Å². The highest BCUT2D eigenvalue weighted by Gasteiger charge is 2.42. The van der Waals surface area contributed by atoms with E-state index in [-0.39, 0.29) is 31.2 Å². The van der Waals surface area contributed by atoms with Crippen LogP contribution in [0.3, 0.4) is 0 Å². The number of aliphatic hydroxyl groups is 2. The maximum Gasteiger partial charge on any atom is 0.222 e. The highest BCUT2D eigenvalue weighted by Crippen LogP contribution is 2.34. The number of aromatic nitrogens is 6. The van der Waals surface area contributed by atoms with Crippen molar-refractivity contribution >= 4 is 33.9 Å². The molecule has 3 atom stereocenters. The molecule has 3 aromatic heterocycles. The van der Waals surface area contributed by atoms with Gasteiger partial charge in [0.1, 0.15) is 17.7 Å². The monoisotopic (exact) mass is 478 g/mol. The first-order chi connectivity index (χ1) is 16.7. The lowest BCUT2D eigenvalue weighted by Crippen LogP contribution is -2.42. The van der Waals surface area contributed by atoms with Crippen LogP contribution in [-0.2, 0) is 11.3 Å². The zero-order valence-corrected chi connectivity index (χ0v) is 19.9. The van der Waals surface area contributed by atoms with E-state index in [0.29, 0.717) is 30.6 Å². The van der Waals surface area contributed by atoms with Crippen molar-refractivity contribution in [2.75, 3.05) is 18.8 Å². The van der Waals surface area contributed by atoms with Gasteiger partial charge in [0.05, 0.1) is 35.1 Å². The second-order valence-corrected chi connectivity index (χ2v) is 9.52. The molecule has 1 aliphatic heterocycles. The Bertz CT molecular complexity index is 1380. The van der Waals surface area contributed by atoms with Gasteiger partial charge >= 0.3 is 0 Å². The smallest absolute Gasteiger partial charge is 0.222 e. The minimum Gasteiger partial charge on any atom is -0.391 e. The van der Waals surface area contributed by atoms with Crippen molar-refractivity contribution in [3.8, 4) is 0 Å². The first-order valence-electron chi connectivity index (χ1n) is 11.8. The molecule has 4 heterocycles. The SMILES string of the molecule is Cc1nc2ccccc2n1CCCC(=O)N1C[C@@H](O)C[C@@](C)(O)[C@H](n2cnc3c(N)ncnc32)C1. The molecule has 1 aliphatic rings. The zero-order chi connectivity index (χ0) is 24.7. The maximum absolute atomic E-state index is 13.3. The molecular weight excluding hydrogens is 448 g/mol. The average molecular weight is 479 g/mol. The fraction of sp³-hybridized carbons (Fsp3) is 0.458. The van der Waals surface area contributed by atoms with Crippen molar-refractivity contribution in [1.82, 2.24) is 34.0 Å². The molecule has 0 unspecified atom stereocenters. The third kappa shape index (κ3) is 4.32. The minimum atomic E-state index is -1.30. The Balaban J connectivity index is 1.34. The van der Waals surface area contributed by atoms with Gasteiger partial charge in [0.2, 0.25) is 5.91 Å². The first-order valence-corrected chi connectivity index (χ1v) is 11.8. The number of likely N-dealkylation sites (tertiary alicyclic amines) is 1. The molecule has 5 rings (SSSR count). The standard InChI is InChI=1S/C24H30N8O3/c1-15-29-17-6-3-4-7-18(17)31(15)9-5-8-20(34)30-11-16(33)10-24(2,35)19(12-30)32-14-28-21-22(25)26-13-27-23(21)32/h3-4,6-7,13-14,16,19,33,35H,5,8-12H2,1-2H3,(H2,25,26,27)/t16-,19+,24+/m0/s1. The van der Waals surface area contributed by atoms with Gasteiger partial charge in [0.15, 0.2) is 11.5 Å². The molecule has 0 radical (unpaired) electrons. The fourth-order valence-corrected chi connectivity index (χ4v) is 5.13. The molecule has 0 spiro atoms. The van der Waals surface area contributed by atoms with E-state index >= 15 is 0 Å². The van der Waals surface area contributed by atoms with Crippen LogP contribution in [0, 0.1) is 6.92 Å². The maximum atomic E-state index is 13.3. The van der Waals surface area contributed by atoms with Crippen molar-refractivity contribution < 1.29 is 15.0 Å². The highest BCUT2D eigenvalue weighted by atomic mass is 16.3. The summed E-state index contributed by atoms with van der Waals surface area (Å²) in [7, 11) is 0. The number of aliphatic hydroxyl groups excluding tert-OH is 1. The Kier molecular flexibility index (Phi) is 5.89. The molecule has 1 saturated heterocycles. The van der Waals surface area contributed by atoms with Crippen LogP contribution in [0.2, 0.25) is 0 Å². The predicted molar refractivity (Wildman–Crippen MR) is 130 cm³/mol. The summed E-state index contributed by atoms with van der Waals surface area (Å²) in [5.74, 6) is 1.08. The number of nitrogens with zero attached hydrogens (tertiary/aromatic N) is 7. The van der Waals surface area contributed by atoms with Gasteiger partial charge in [-0.1, -0.05) is 12.1 Å². The number of anilines is 1. The van der Waals surface area contributed by atoms with Crippen LogP contribution in [0.25, 0.3) is 22.2 Å². The van der Waals surface area contributed by atoms with E-state index in [4.69, 9.17) is 5.73 Å². The molecule has 1 aromatic carbocycles. The first kappa shape index (κ1) is 23.2. The molecule has 1 amide bonds. The van der Waals surface area contributed by atoms with E-state index in [0.717, 1.165) is 16.9 Å². The van der Waals surface area contributed by atoms with Gasteiger partial charge in [-0.05, 0) is 32.4 Å². The van der Waals surface area contributed by atoms with Crippen molar-refractivity contribution in [1.29, 1.82) is 0 Å². The summed E-state index contributed by atoms with van der Waals surface area (Å²) in [4.78, 5) is 32.1. The lowest BCUT2D eigenvalue weighted by molar-refractivity contribution is -0.133. The number of nitrogens with two attached hydrogens (primary N) is 1. The molecule has 11 heteroatoms. The number of nitrogen functional groups attached to an aromatic ring is 1. The van der Waals surface area contributed by atoms with Gasteiger partial charge in [-0.25, -0.2) is 19.9 Å². The van der Waals surface area contributed by atoms with Gasteiger partial charge < -0.3 is 30.0 Å². The van der Waals surface area contributed by atoms with Gasteiger partial charge in [-0.15, -0.1) is 0 Å². The lowest BCUT2D eigenvalue weighted by atomic mass is 9.91. The summed E-state index contributed by atoms with van der Waals surface area (Å²) in [5, 5.41) is 21.9. The molecule has 0 saturated carbocycles. The Hall–Kier alpha value is -3.57. The fourth-order valence-electron chi connectivity index (χ4n) is 5.13. The summed E-state index contributed by atoms with van der Waals surface area (Å²) in [5.41, 5.74) is 7.54. The normalized spacial score (nSPS) is 23.1. The molecule has 4 aromatic rings. The number of β-amino-alcohol motifs (C(OH)–C–C–N with tert-alkyl or cyclic N) is 1. The molecule has 4 N–H and O–H groups in total. The van der Waals surface area contributed by atoms with Crippen LogP contribution in [0.4, 0.5) is 5.82 Å². The van der Waals surface area contributed by atoms with Gasteiger partial charge in [0.25, 0.3) is 0 Å². The van der Waals surface area contributed by atoms with E-state index in [1.54, 1.807) is 22.7 Å². The Morgan fingerprint density at radius 3 is 2.86 bits per heavy atom. The summed E-state index contributed by atoms with van der Waals surface area (Å²) in [6.45, 7) is 4.66. The third-order valence-corrected chi connectivity index (χ3v) is 6.88. The van der Waals surface area contributed by atoms with Crippen molar-refractivity contribution in [2.45, 2.75) is 57.4 Å². The molecule has 0 aliphatic carbocycles. The van der Waals surface area contributed by atoms with Gasteiger partial charge in [-0.2, -0.15) is 0 Å². The largest absolute Gasteiger partial charge is 0.391 e. The number of carbonyl (C=O) groups excluding carboxylic acids is 1. The summed E-state index contributed by atoms with van der Waals surface area (Å²) in [6, 6.07) is 7.38. The molecule has 184 valence electrons. The Morgan fingerprint density at radius 1 is 1.23 bits per heavy atom. The zero-order valence-electron chi connectivity index (χ0n) is 19.9. The highest BCUT2D eigenvalue weighted by molar-refractivity contribution is 5.81. The number of hydrogen-bond donors (Lipinski definition) is 3. The van der Waals surface area contributed by atoms with Crippen molar-refractivity contribution in [2.24, 2.45) is 0 Å². The van der Waals surface area contributed by atoms with Crippen molar-refractivity contribution in [3.05, 3.63) is 42.7 Å². The summed E-state index contributed by atoms with van der Waals surface area (Å²) >= 11 is 0. The number of imidazole rings is 2. The second-order valence-electron chi connectivity index (χ2n) is 9.52. The number of amides is 1. The van der Waals surface area contributed by atoms with Gasteiger partial charge in [-0.3, -0.25) is 4.79 Å². The summed E-state index contributed by atoms with van der Waals surface area (Å²) in [6.07, 6.45) is 3.11. The van der Waals surface area contributed by atoms with Crippen LogP contribution in [0.1, 0.15) is 38.1 Å². The number of benzene rings is 1. The topological polar surface area (TPSA) is 148 Å². The number of carbonyl (C=O) groups is 1. The number of fused-ring (bicyclic) bond motifs is 2. The quantitative estimate of drug-likeness (QED) is 0.390. The second kappa shape index (κ2) is 8.90. The van der Waals surface area contributed by atoms with Crippen LogP contribution in [-0.4, -0.2) is 74.9 Å². The Morgan fingerprint density at radius 2 is 2.03 bits per heavy atom. The molecule has 1 fully saturated rings. The number of aryl methyl sites for hydroxylation is 2. The minimum absolute atomic E-state index is 0.0765. The molecule has 35 heavy (non-hydrogen) atoms. The van der Waals surface area contributed by atoms with E-state index < -0.39 is 17.7 Å². The molecule has 0 bridgehead atoms. The lowest BCUT2D eigenvalue weighted by Gasteiger charge is -2.34. The number of rotatable bonds is 5. The van der Waals surface area contributed by atoms with Gasteiger partial charge in [0, 0.05) is 32.5 Å². The number of para-hydroxylation sites is 2. The number of hydrogen-bond acceptors (Lipinski definition) is 8. The molecule has 11 nitrogen and oxygen atoms in total. The Labute approximate surface area is 202 Å². The van der Waals surface area contributed by atoms with Crippen LogP contribution in [0.5, 0.6) is 0 Å². The van der Waals surface area contributed by atoms with Crippen LogP contribution < -0.4 is 5.73 Å². The third-order valence-electron chi connectivity index (χ3n) is 6.88. The van der Waals surface area contributed by atoms with E-state index in [1.165, 1.54) is 6.33 Å². The van der Waals surface area contributed by atoms with E-state index in [1.807, 2.05) is 31.2 Å². The van der Waals surface area contributed by atoms with E-state index in [2.05, 4.69) is 24.5 Å². The average Bonchev–Trinajstić information content (AvgIpc) is 3.34. The summed E-state index contributed by atoms with van der Waals surface area (Å²) < 4.78 is 3.85. The van der Waals surface area contributed by atoms with Crippen LogP contribution in [0.15, 0.2) is 36.9 Å². The predicted octanol–water partition coefficient (Wildman–Crippen LogP) is 1.43. The molecular formula is C24H30N8O3. The van der Waals surface area contributed by atoms with Crippen molar-refractivity contribution in [3.63, 3.8) is 0 Å².